The van der Waals surface area contributed by atoms with Gasteiger partial charge in [0.15, 0.2) is 0 Å². The largest absolute Gasteiger partial charge is 0.411 e. The molecule has 2 aliphatic carbocycles. The summed E-state index contributed by atoms with van der Waals surface area (Å²) in [5.74, 6) is 0.262. The molecule has 2 fully saturated rings. The van der Waals surface area contributed by atoms with E-state index in [0.29, 0.717) is 5.71 Å². The molecule has 0 unspecified atom stereocenters. The molecule has 74 valence electrons. The fourth-order valence-corrected chi connectivity index (χ4v) is 3.17. The van der Waals surface area contributed by atoms with E-state index < -0.39 is 6.10 Å². The molecule has 0 radical (unpaired) electrons. The summed E-state index contributed by atoms with van der Waals surface area (Å²) < 4.78 is 0. The summed E-state index contributed by atoms with van der Waals surface area (Å²) in [5.41, 5.74) is 0.562. The number of nitrogens with zero attached hydrogens (tertiary/aromatic N) is 1. The molecule has 0 heterocycles. The second-order valence-electron chi connectivity index (χ2n) is 5.16. The molecule has 3 nitrogen and oxygen atoms in total. The van der Waals surface area contributed by atoms with Crippen molar-refractivity contribution in [3.05, 3.63) is 0 Å². The van der Waals surface area contributed by atoms with Crippen LogP contribution in [0.4, 0.5) is 0 Å². The van der Waals surface area contributed by atoms with E-state index in [9.17, 15) is 5.11 Å². The Morgan fingerprint density at radius 3 is 2.31 bits per heavy atom. The van der Waals surface area contributed by atoms with Gasteiger partial charge < -0.3 is 10.3 Å². The molecule has 3 atom stereocenters. The lowest BCUT2D eigenvalue weighted by molar-refractivity contribution is 0.0332. The minimum absolute atomic E-state index is 0.0635. The maximum atomic E-state index is 9.98. The monoisotopic (exact) mass is 183 g/mol. The zero-order chi connectivity index (χ0) is 9.85. The van der Waals surface area contributed by atoms with E-state index in [1.54, 1.807) is 0 Å². The molecular weight excluding hydrogens is 166 g/mol. The summed E-state index contributed by atoms with van der Waals surface area (Å²) in [5, 5.41) is 22.1. The van der Waals surface area contributed by atoms with E-state index >= 15 is 0 Å². The van der Waals surface area contributed by atoms with Crippen molar-refractivity contribution in [2.75, 3.05) is 0 Å². The van der Waals surface area contributed by atoms with E-state index in [1.807, 2.05) is 0 Å². The second kappa shape index (κ2) is 2.27. The first-order chi connectivity index (χ1) is 5.95. The molecule has 2 bridgehead atoms. The van der Waals surface area contributed by atoms with Gasteiger partial charge in [-0.2, -0.15) is 0 Å². The van der Waals surface area contributed by atoms with Crippen LogP contribution in [0, 0.1) is 16.7 Å². The highest BCUT2D eigenvalue weighted by Gasteiger charge is 2.64. The first kappa shape index (κ1) is 9.00. The lowest BCUT2D eigenvalue weighted by atomic mass is 9.70. The summed E-state index contributed by atoms with van der Waals surface area (Å²) in [6, 6.07) is 0. The molecule has 0 saturated heterocycles. The summed E-state index contributed by atoms with van der Waals surface area (Å²) >= 11 is 0. The molecule has 0 aromatic heterocycles. The Kier molecular flexibility index (Phi) is 1.57. The average Bonchev–Trinajstić information content (AvgIpc) is 2.36. The Morgan fingerprint density at radius 1 is 1.38 bits per heavy atom. The van der Waals surface area contributed by atoms with Crippen LogP contribution in [0.3, 0.4) is 0 Å². The van der Waals surface area contributed by atoms with Crippen molar-refractivity contribution >= 4 is 5.71 Å². The van der Waals surface area contributed by atoms with E-state index in [4.69, 9.17) is 5.21 Å². The Bertz CT molecular complexity index is 272. The van der Waals surface area contributed by atoms with Gasteiger partial charge in [-0.3, -0.25) is 0 Å². The van der Waals surface area contributed by atoms with Crippen LogP contribution in [0.5, 0.6) is 0 Å². The van der Waals surface area contributed by atoms with Crippen molar-refractivity contribution in [1.82, 2.24) is 0 Å². The van der Waals surface area contributed by atoms with Gasteiger partial charge >= 0.3 is 0 Å². The molecule has 2 rings (SSSR count). The van der Waals surface area contributed by atoms with Crippen molar-refractivity contribution in [2.24, 2.45) is 21.9 Å². The topological polar surface area (TPSA) is 52.8 Å². The van der Waals surface area contributed by atoms with Crippen LogP contribution < -0.4 is 0 Å². The molecule has 13 heavy (non-hydrogen) atoms. The van der Waals surface area contributed by atoms with Crippen LogP contribution in [0.2, 0.25) is 0 Å². The molecule has 3 heteroatoms. The Labute approximate surface area is 78.4 Å². The standard InChI is InChI=1S/C10H17NO2/c1-9(2)6-4-5-10(9,3)8(12)7(6)11-13/h6,8,12-13H,4-5H2,1-3H3/b11-7+/t6-,8-,10-/m1/s1. The van der Waals surface area contributed by atoms with Gasteiger partial charge in [0.2, 0.25) is 0 Å². The fraction of sp³-hybridized carbons (Fsp3) is 0.900. The van der Waals surface area contributed by atoms with Gasteiger partial charge in [0.25, 0.3) is 0 Å². The van der Waals surface area contributed by atoms with Gasteiger partial charge in [0, 0.05) is 11.3 Å². The van der Waals surface area contributed by atoms with Gasteiger partial charge in [-0.05, 0) is 18.3 Å². The van der Waals surface area contributed by atoms with E-state index in [1.165, 1.54) is 0 Å². The SMILES string of the molecule is CC1(C)[C@@H]2CC[C@]1(C)[C@H](O)/C2=N/O. The molecule has 0 amide bonds. The molecule has 0 aromatic rings. The molecule has 2 saturated carbocycles. The highest BCUT2D eigenvalue weighted by Crippen LogP contribution is 2.64. The van der Waals surface area contributed by atoms with Crippen LogP contribution in [0.25, 0.3) is 0 Å². The highest BCUT2D eigenvalue weighted by molar-refractivity contribution is 5.95. The number of rotatable bonds is 0. The fourth-order valence-electron chi connectivity index (χ4n) is 3.17. The molecule has 0 aromatic carbocycles. The first-order valence-corrected chi connectivity index (χ1v) is 4.85. The minimum Gasteiger partial charge on any atom is -0.411 e. The third kappa shape index (κ3) is 0.766. The van der Waals surface area contributed by atoms with Crippen LogP contribution in [-0.2, 0) is 0 Å². The number of hydrogen-bond donors (Lipinski definition) is 2. The van der Waals surface area contributed by atoms with Crippen LogP contribution in [0.15, 0.2) is 5.16 Å². The van der Waals surface area contributed by atoms with Crippen molar-refractivity contribution in [3.63, 3.8) is 0 Å². The van der Waals surface area contributed by atoms with Gasteiger partial charge in [-0.15, -0.1) is 0 Å². The first-order valence-electron chi connectivity index (χ1n) is 4.85. The van der Waals surface area contributed by atoms with Crippen LogP contribution in [-0.4, -0.2) is 22.1 Å². The van der Waals surface area contributed by atoms with Gasteiger partial charge in [0.05, 0.1) is 5.71 Å². The van der Waals surface area contributed by atoms with Crippen LogP contribution >= 0.6 is 0 Å². The Hall–Kier alpha value is -0.570. The van der Waals surface area contributed by atoms with E-state index in [2.05, 4.69) is 25.9 Å². The molecular formula is C10H17NO2. The Morgan fingerprint density at radius 2 is 2.00 bits per heavy atom. The highest BCUT2D eigenvalue weighted by atomic mass is 16.4. The third-order valence-corrected chi connectivity index (χ3v) is 4.65. The molecule has 0 spiro atoms. The zero-order valence-electron chi connectivity index (χ0n) is 8.41. The summed E-state index contributed by atoms with van der Waals surface area (Å²) in [6.45, 7) is 6.41. The third-order valence-electron chi connectivity index (χ3n) is 4.65. The molecule has 2 N–H and O–H groups in total. The molecule has 2 aliphatic rings. The smallest absolute Gasteiger partial charge is 0.102 e. The van der Waals surface area contributed by atoms with Crippen molar-refractivity contribution in [1.29, 1.82) is 0 Å². The number of oxime groups is 1. The number of fused-ring (bicyclic) bond motifs is 2. The lowest BCUT2D eigenvalue weighted by Crippen LogP contribution is -2.37. The van der Waals surface area contributed by atoms with Crippen molar-refractivity contribution < 1.29 is 10.3 Å². The minimum atomic E-state index is -0.550. The average molecular weight is 183 g/mol. The lowest BCUT2D eigenvalue weighted by Gasteiger charge is -2.35. The van der Waals surface area contributed by atoms with E-state index in [-0.39, 0.29) is 16.7 Å². The predicted molar refractivity (Wildman–Crippen MR) is 49.8 cm³/mol. The number of hydrogen-bond acceptors (Lipinski definition) is 3. The van der Waals surface area contributed by atoms with E-state index in [0.717, 1.165) is 12.8 Å². The summed E-state index contributed by atoms with van der Waals surface area (Å²) in [7, 11) is 0. The van der Waals surface area contributed by atoms with Gasteiger partial charge in [0.1, 0.15) is 6.10 Å². The molecule has 0 aliphatic heterocycles. The second-order valence-corrected chi connectivity index (χ2v) is 5.16. The summed E-state index contributed by atoms with van der Waals surface area (Å²) in [4.78, 5) is 0. The normalized spacial score (nSPS) is 50.3. The number of aliphatic hydroxyl groups excluding tert-OH is 1. The maximum absolute atomic E-state index is 9.98. The number of aliphatic hydroxyl groups is 1. The predicted octanol–water partition coefficient (Wildman–Crippen LogP) is 1.63. The van der Waals surface area contributed by atoms with Crippen molar-refractivity contribution in [2.45, 2.75) is 39.7 Å². The van der Waals surface area contributed by atoms with Crippen molar-refractivity contribution in [3.8, 4) is 0 Å². The maximum Gasteiger partial charge on any atom is 0.102 e. The van der Waals surface area contributed by atoms with Gasteiger partial charge in [-0.25, -0.2) is 0 Å². The van der Waals surface area contributed by atoms with Gasteiger partial charge in [-0.1, -0.05) is 25.9 Å². The zero-order valence-corrected chi connectivity index (χ0v) is 8.41. The summed E-state index contributed by atoms with van der Waals surface area (Å²) in [6.07, 6.45) is 1.52. The Balaban J connectivity index is 2.51. The quantitative estimate of drug-likeness (QED) is 0.443. The van der Waals surface area contributed by atoms with Crippen LogP contribution in [0.1, 0.15) is 33.6 Å².